The van der Waals surface area contributed by atoms with Gasteiger partial charge in [0.2, 0.25) is 0 Å². The first-order valence-electron chi connectivity index (χ1n) is 9.07. The molecule has 30 heavy (non-hydrogen) atoms. The molecule has 0 saturated heterocycles. The zero-order valence-electron chi connectivity index (χ0n) is 15.5. The third-order valence-corrected chi connectivity index (χ3v) is 5.27. The number of halogens is 5. The van der Waals surface area contributed by atoms with Crippen LogP contribution >= 0.6 is 23.2 Å². The van der Waals surface area contributed by atoms with E-state index in [2.05, 4.69) is 19.9 Å². The second kappa shape index (κ2) is 8.24. The number of H-pyrrole nitrogens is 1. The molecule has 0 bridgehead atoms. The predicted molar refractivity (Wildman–Crippen MR) is 110 cm³/mol. The Morgan fingerprint density at radius 2 is 1.77 bits per heavy atom. The van der Waals surface area contributed by atoms with Crippen molar-refractivity contribution in [3.8, 4) is 0 Å². The monoisotopic (exact) mass is 450 g/mol. The van der Waals surface area contributed by atoms with Crippen LogP contribution in [0.2, 0.25) is 10.2 Å². The van der Waals surface area contributed by atoms with E-state index in [1.165, 1.54) is 12.3 Å². The quantitative estimate of drug-likeness (QED) is 0.376. The molecule has 4 rings (SSSR count). The number of aryl methyl sites for hydroxylation is 2. The molecule has 154 valence electrons. The smallest absolute Gasteiger partial charge is 0.346 e. The number of aromatic nitrogens is 4. The summed E-state index contributed by atoms with van der Waals surface area (Å²) in [4.78, 5) is 15.3. The largest absolute Gasteiger partial charge is 0.433 e. The van der Waals surface area contributed by atoms with Crippen LogP contribution in [0.25, 0.3) is 11.0 Å². The lowest BCUT2D eigenvalue weighted by atomic mass is 10.1. The number of aromatic amines is 1. The SMILES string of the molecule is FC(F)(F)c1ccc(CCc2ccc(Cc3c[nH]c4ncc(Cl)cc34)c(Cl)n2)cn1. The molecule has 9 heteroatoms. The number of alkyl halides is 3. The third-order valence-electron chi connectivity index (χ3n) is 4.73. The molecule has 0 saturated carbocycles. The summed E-state index contributed by atoms with van der Waals surface area (Å²) in [7, 11) is 0. The van der Waals surface area contributed by atoms with Crippen molar-refractivity contribution in [2.75, 3.05) is 0 Å². The van der Waals surface area contributed by atoms with Gasteiger partial charge in [-0.25, -0.2) is 9.97 Å². The minimum Gasteiger partial charge on any atom is -0.346 e. The van der Waals surface area contributed by atoms with E-state index >= 15 is 0 Å². The molecule has 0 atom stereocenters. The first-order valence-corrected chi connectivity index (χ1v) is 9.83. The molecule has 4 heterocycles. The Morgan fingerprint density at radius 3 is 2.47 bits per heavy atom. The summed E-state index contributed by atoms with van der Waals surface area (Å²) < 4.78 is 37.8. The number of nitrogens with one attached hydrogen (secondary N) is 1. The zero-order chi connectivity index (χ0) is 21.3. The average molecular weight is 451 g/mol. The lowest BCUT2D eigenvalue weighted by Crippen LogP contribution is -2.08. The topological polar surface area (TPSA) is 54.5 Å². The van der Waals surface area contributed by atoms with Crippen molar-refractivity contribution in [2.45, 2.75) is 25.4 Å². The first kappa shape index (κ1) is 20.6. The number of pyridine rings is 3. The van der Waals surface area contributed by atoms with Gasteiger partial charge in [0.25, 0.3) is 0 Å². The molecule has 0 radical (unpaired) electrons. The van der Waals surface area contributed by atoms with Gasteiger partial charge in [0.1, 0.15) is 16.5 Å². The molecule has 0 amide bonds. The van der Waals surface area contributed by atoms with Crippen LogP contribution in [-0.2, 0) is 25.4 Å². The maximum Gasteiger partial charge on any atom is 0.433 e. The molecule has 0 aliphatic heterocycles. The van der Waals surface area contributed by atoms with Gasteiger partial charge in [-0.1, -0.05) is 35.3 Å². The predicted octanol–water partition coefficient (Wildman–Crippen LogP) is 6.05. The lowest BCUT2D eigenvalue weighted by Gasteiger charge is -2.08. The summed E-state index contributed by atoms with van der Waals surface area (Å²) in [5, 5.41) is 1.88. The summed E-state index contributed by atoms with van der Waals surface area (Å²) in [6, 6.07) is 8.05. The van der Waals surface area contributed by atoms with E-state index in [1.54, 1.807) is 6.20 Å². The standard InChI is InChI=1S/C21H15Cl2F3N4/c22-15-8-17-14(10-28-20(17)29-11-15)7-13-3-5-16(30-19(13)23)4-1-12-2-6-18(27-9-12)21(24,25)26/h2-3,5-6,8-11H,1,4,7H2,(H,28,29). The van der Waals surface area contributed by atoms with E-state index in [-0.39, 0.29) is 0 Å². The summed E-state index contributed by atoms with van der Waals surface area (Å²) in [5.74, 6) is 0. The van der Waals surface area contributed by atoms with Crippen molar-refractivity contribution in [3.05, 3.63) is 87.2 Å². The van der Waals surface area contributed by atoms with Gasteiger partial charge in [0.15, 0.2) is 0 Å². The molecule has 4 nitrogen and oxygen atoms in total. The fourth-order valence-electron chi connectivity index (χ4n) is 3.17. The van der Waals surface area contributed by atoms with Crippen LogP contribution in [0.15, 0.2) is 48.9 Å². The van der Waals surface area contributed by atoms with Crippen molar-refractivity contribution < 1.29 is 13.2 Å². The molecule has 0 aliphatic carbocycles. The summed E-state index contributed by atoms with van der Waals surface area (Å²) in [6.07, 6.45) is 1.89. The van der Waals surface area contributed by atoms with Gasteiger partial charge < -0.3 is 4.98 Å². The molecule has 0 unspecified atom stereocenters. The van der Waals surface area contributed by atoms with Crippen molar-refractivity contribution in [2.24, 2.45) is 0 Å². The maximum atomic E-state index is 12.6. The number of hydrogen-bond donors (Lipinski definition) is 1. The number of fused-ring (bicyclic) bond motifs is 1. The highest BCUT2D eigenvalue weighted by molar-refractivity contribution is 6.31. The molecule has 4 aromatic heterocycles. The van der Waals surface area contributed by atoms with E-state index in [9.17, 15) is 13.2 Å². The molecule has 0 aliphatic rings. The van der Waals surface area contributed by atoms with Gasteiger partial charge in [0, 0.05) is 36.1 Å². The number of hydrogen-bond acceptors (Lipinski definition) is 3. The van der Waals surface area contributed by atoms with Crippen molar-refractivity contribution >= 4 is 34.2 Å². The Hall–Kier alpha value is -2.64. The molecule has 0 spiro atoms. The van der Waals surface area contributed by atoms with Crippen LogP contribution in [0.5, 0.6) is 0 Å². The van der Waals surface area contributed by atoms with Crippen molar-refractivity contribution in [1.82, 2.24) is 19.9 Å². The van der Waals surface area contributed by atoms with E-state index in [4.69, 9.17) is 23.2 Å². The second-order valence-corrected chi connectivity index (χ2v) is 7.64. The zero-order valence-corrected chi connectivity index (χ0v) is 17.0. The van der Waals surface area contributed by atoms with Gasteiger partial charge >= 0.3 is 6.18 Å². The van der Waals surface area contributed by atoms with E-state index in [0.29, 0.717) is 35.0 Å². The van der Waals surface area contributed by atoms with E-state index in [0.717, 1.165) is 33.9 Å². The van der Waals surface area contributed by atoms with Gasteiger partial charge in [-0.05, 0) is 47.7 Å². The van der Waals surface area contributed by atoms with Crippen LogP contribution < -0.4 is 0 Å². The highest BCUT2D eigenvalue weighted by atomic mass is 35.5. The lowest BCUT2D eigenvalue weighted by molar-refractivity contribution is -0.141. The second-order valence-electron chi connectivity index (χ2n) is 6.84. The number of nitrogens with zero attached hydrogens (tertiary/aromatic N) is 3. The Kier molecular flexibility index (Phi) is 5.66. The molecular weight excluding hydrogens is 436 g/mol. The van der Waals surface area contributed by atoms with E-state index in [1.807, 2.05) is 24.4 Å². The molecule has 4 aromatic rings. The molecular formula is C21H15Cl2F3N4. The van der Waals surface area contributed by atoms with Crippen LogP contribution in [0.4, 0.5) is 13.2 Å². The number of rotatable bonds is 5. The fraction of sp³-hybridized carbons (Fsp3) is 0.190. The highest BCUT2D eigenvalue weighted by Crippen LogP contribution is 2.28. The maximum absolute atomic E-state index is 12.6. The minimum absolute atomic E-state index is 0.391. The highest BCUT2D eigenvalue weighted by Gasteiger charge is 2.31. The Bertz CT molecular complexity index is 1190. The Morgan fingerprint density at radius 1 is 0.933 bits per heavy atom. The van der Waals surface area contributed by atoms with E-state index < -0.39 is 11.9 Å². The van der Waals surface area contributed by atoms with Crippen LogP contribution in [0.3, 0.4) is 0 Å². The minimum atomic E-state index is -4.43. The summed E-state index contributed by atoms with van der Waals surface area (Å²) in [5.41, 5.74) is 3.18. The van der Waals surface area contributed by atoms with Crippen molar-refractivity contribution in [3.63, 3.8) is 0 Å². The fourth-order valence-corrected chi connectivity index (χ4v) is 3.56. The first-order chi connectivity index (χ1) is 14.3. The van der Waals surface area contributed by atoms with Gasteiger partial charge in [-0.15, -0.1) is 0 Å². The van der Waals surface area contributed by atoms with Gasteiger partial charge in [-0.3, -0.25) is 4.98 Å². The third kappa shape index (κ3) is 4.57. The summed E-state index contributed by atoms with van der Waals surface area (Å²) in [6.45, 7) is 0. The Balaban J connectivity index is 1.44. The van der Waals surface area contributed by atoms with Crippen LogP contribution in [0, 0.1) is 0 Å². The average Bonchev–Trinajstić information content (AvgIpc) is 3.10. The van der Waals surface area contributed by atoms with Crippen LogP contribution in [-0.4, -0.2) is 19.9 Å². The molecule has 1 N–H and O–H groups in total. The van der Waals surface area contributed by atoms with Gasteiger partial charge in [-0.2, -0.15) is 13.2 Å². The normalized spacial score (nSPS) is 11.9. The molecule has 0 aromatic carbocycles. The van der Waals surface area contributed by atoms with Gasteiger partial charge in [0.05, 0.1) is 5.02 Å². The van der Waals surface area contributed by atoms with Crippen LogP contribution in [0.1, 0.15) is 28.1 Å². The Labute approximate surface area is 180 Å². The molecule has 0 fully saturated rings. The summed E-state index contributed by atoms with van der Waals surface area (Å²) >= 11 is 12.4. The van der Waals surface area contributed by atoms with Crippen molar-refractivity contribution in [1.29, 1.82) is 0 Å².